The van der Waals surface area contributed by atoms with Crippen molar-refractivity contribution in [3.63, 3.8) is 0 Å². The molecule has 17 heavy (non-hydrogen) atoms. The molecule has 1 saturated carbocycles. The predicted octanol–water partition coefficient (Wildman–Crippen LogP) is 2.80. The molecule has 3 heteroatoms. The van der Waals surface area contributed by atoms with E-state index in [0.717, 1.165) is 32.1 Å². The molecule has 1 fully saturated rings. The number of primary amides is 1. The Labute approximate surface area is 101 Å². The van der Waals surface area contributed by atoms with Crippen LogP contribution in [0.5, 0.6) is 0 Å². The fraction of sp³-hybridized carbons (Fsp3) is 0.500. The summed E-state index contributed by atoms with van der Waals surface area (Å²) >= 11 is 0. The molecule has 0 heterocycles. The second-order valence-corrected chi connectivity index (χ2v) is 4.97. The summed E-state index contributed by atoms with van der Waals surface area (Å²) in [7, 11) is 0. The Bertz CT molecular complexity index is 410. The lowest BCUT2D eigenvalue weighted by molar-refractivity contribution is -0.129. The molecule has 0 saturated heterocycles. The van der Waals surface area contributed by atoms with Gasteiger partial charge in [0.2, 0.25) is 5.91 Å². The summed E-state index contributed by atoms with van der Waals surface area (Å²) in [5, 5.41) is 0. The minimum Gasteiger partial charge on any atom is -0.369 e. The average Bonchev–Trinajstić information content (AvgIpc) is 2.33. The molecule has 1 amide bonds. The van der Waals surface area contributed by atoms with E-state index in [1.807, 2.05) is 0 Å². The van der Waals surface area contributed by atoms with Crippen LogP contribution in [0.25, 0.3) is 0 Å². The molecule has 0 radical (unpaired) electrons. The van der Waals surface area contributed by atoms with Crippen LogP contribution in [-0.4, -0.2) is 5.91 Å². The summed E-state index contributed by atoms with van der Waals surface area (Å²) in [4.78, 5) is 11.7. The Hall–Kier alpha value is -1.38. The van der Waals surface area contributed by atoms with Crippen molar-refractivity contribution in [2.24, 2.45) is 11.1 Å². The lowest BCUT2D eigenvalue weighted by Crippen LogP contribution is -2.40. The fourth-order valence-electron chi connectivity index (χ4n) is 2.75. The number of hydrogen-bond donors (Lipinski definition) is 1. The van der Waals surface area contributed by atoms with Gasteiger partial charge in [0, 0.05) is 0 Å². The lowest BCUT2D eigenvalue weighted by Gasteiger charge is -2.34. The third kappa shape index (κ3) is 2.48. The Morgan fingerprint density at radius 2 is 1.88 bits per heavy atom. The van der Waals surface area contributed by atoms with Crippen LogP contribution in [0.3, 0.4) is 0 Å². The third-order valence-electron chi connectivity index (χ3n) is 3.82. The zero-order valence-corrected chi connectivity index (χ0v) is 9.92. The van der Waals surface area contributed by atoms with Gasteiger partial charge in [-0.25, -0.2) is 4.39 Å². The maximum Gasteiger partial charge on any atom is 0.223 e. The molecule has 1 aromatic rings. The molecular weight excluding hydrogens is 217 g/mol. The van der Waals surface area contributed by atoms with Crippen molar-refractivity contribution >= 4 is 5.91 Å². The SMILES string of the molecule is NC(=O)C1(Cc2ccccc2F)CCCCC1. The molecule has 2 N–H and O–H groups in total. The Morgan fingerprint density at radius 1 is 1.24 bits per heavy atom. The highest BCUT2D eigenvalue weighted by Gasteiger charge is 2.38. The topological polar surface area (TPSA) is 43.1 Å². The molecule has 0 bridgehead atoms. The van der Waals surface area contributed by atoms with E-state index < -0.39 is 5.41 Å². The van der Waals surface area contributed by atoms with Crippen molar-refractivity contribution in [2.45, 2.75) is 38.5 Å². The predicted molar refractivity (Wildman–Crippen MR) is 64.8 cm³/mol. The number of carbonyl (C=O) groups excluding carboxylic acids is 1. The first-order valence-corrected chi connectivity index (χ1v) is 6.17. The van der Waals surface area contributed by atoms with Crippen LogP contribution >= 0.6 is 0 Å². The highest BCUT2D eigenvalue weighted by molar-refractivity contribution is 5.81. The molecule has 0 unspecified atom stereocenters. The van der Waals surface area contributed by atoms with Crippen LogP contribution in [0, 0.1) is 11.2 Å². The number of hydrogen-bond acceptors (Lipinski definition) is 1. The van der Waals surface area contributed by atoms with Gasteiger partial charge in [0.25, 0.3) is 0 Å². The van der Waals surface area contributed by atoms with E-state index in [4.69, 9.17) is 5.73 Å². The van der Waals surface area contributed by atoms with Gasteiger partial charge in [-0.15, -0.1) is 0 Å². The van der Waals surface area contributed by atoms with Crippen molar-refractivity contribution in [3.8, 4) is 0 Å². The summed E-state index contributed by atoms with van der Waals surface area (Å²) in [6.45, 7) is 0. The number of carbonyl (C=O) groups is 1. The number of benzene rings is 1. The molecular formula is C14H18FNO. The van der Waals surface area contributed by atoms with Crippen molar-refractivity contribution in [1.82, 2.24) is 0 Å². The second-order valence-electron chi connectivity index (χ2n) is 4.97. The van der Waals surface area contributed by atoms with Gasteiger partial charge < -0.3 is 5.73 Å². The van der Waals surface area contributed by atoms with Gasteiger partial charge in [0.1, 0.15) is 5.82 Å². The van der Waals surface area contributed by atoms with Gasteiger partial charge in [-0.1, -0.05) is 37.5 Å². The molecule has 2 rings (SSSR count). The summed E-state index contributed by atoms with van der Waals surface area (Å²) < 4.78 is 13.6. The van der Waals surface area contributed by atoms with Crippen LogP contribution in [0.1, 0.15) is 37.7 Å². The molecule has 0 aliphatic heterocycles. The zero-order valence-electron chi connectivity index (χ0n) is 9.92. The first kappa shape index (κ1) is 12.1. The molecule has 0 spiro atoms. The van der Waals surface area contributed by atoms with Gasteiger partial charge in [0.05, 0.1) is 5.41 Å². The van der Waals surface area contributed by atoms with Gasteiger partial charge in [0.15, 0.2) is 0 Å². The van der Waals surface area contributed by atoms with Crippen LogP contribution in [0.15, 0.2) is 24.3 Å². The second kappa shape index (κ2) is 4.86. The van der Waals surface area contributed by atoms with Gasteiger partial charge in [-0.2, -0.15) is 0 Å². The molecule has 1 aromatic carbocycles. The molecule has 0 aromatic heterocycles. The molecule has 1 aliphatic rings. The van der Waals surface area contributed by atoms with E-state index in [9.17, 15) is 9.18 Å². The monoisotopic (exact) mass is 235 g/mol. The summed E-state index contributed by atoms with van der Waals surface area (Å²) in [5.74, 6) is -0.515. The number of rotatable bonds is 3. The van der Waals surface area contributed by atoms with Crippen LogP contribution < -0.4 is 5.73 Å². The average molecular weight is 235 g/mol. The Balaban J connectivity index is 2.24. The number of amides is 1. The largest absolute Gasteiger partial charge is 0.369 e. The van der Waals surface area contributed by atoms with Crippen molar-refractivity contribution in [1.29, 1.82) is 0 Å². The van der Waals surface area contributed by atoms with Crippen molar-refractivity contribution in [2.75, 3.05) is 0 Å². The van der Waals surface area contributed by atoms with E-state index in [2.05, 4.69) is 0 Å². The molecule has 92 valence electrons. The lowest BCUT2D eigenvalue weighted by atomic mass is 9.70. The number of halogens is 1. The van der Waals surface area contributed by atoms with Crippen molar-refractivity contribution < 1.29 is 9.18 Å². The van der Waals surface area contributed by atoms with Gasteiger partial charge >= 0.3 is 0 Å². The first-order chi connectivity index (χ1) is 8.14. The molecule has 2 nitrogen and oxygen atoms in total. The maximum absolute atomic E-state index is 13.6. The normalized spacial score (nSPS) is 18.9. The Kier molecular flexibility index (Phi) is 3.46. The standard InChI is InChI=1S/C14H18FNO/c15-12-7-3-2-6-11(12)10-14(13(16)17)8-4-1-5-9-14/h2-3,6-7H,1,4-5,8-10H2,(H2,16,17). The molecule has 1 aliphatic carbocycles. The fourth-order valence-corrected chi connectivity index (χ4v) is 2.75. The highest BCUT2D eigenvalue weighted by Crippen LogP contribution is 2.39. The van der Waals surface area contributed by atoms with E-state index in [1.54, 1.807) is 18.2 Å². The minimum absolute atomic E-state index is 0.237. The van der Waals surface area contributed by atoms with E-state index in [-0.39, 0.29) is 11.7 Å². The smallest absolute Gasteiger partial charge is 0.223 e. The third-order valence-corrected chi connectivity index (χ3v) is 3.82. The summed E-state index contributed by atoms with van der Waals surface area (Å²) in [6.07, 6.45) is 5.18. The minimum atomic E-state index is -0.527. The molecule has 0 atom stereocenters. The quantitative estimate of drug-likeness (QED) is 0.860. The van der Waals surface area contributed by atoms with Crippen LogP contribution in [0.4, 0.5) is 4.39 Å². The summed E-state index contributed by atoms with van der Waals surface area (Å²) in [5.41, 5.74) is 5.62. The van der Waals surface area contributed by atoms with E-state index >= 15 is 0 Å². The Morgan fingerprint density at radius 3 is 2.47 bits per heavy atom. The van der Waals surface area contributed by atoms with Crippen LogP contribution in [0.2, 0.25) is 0 Å². The van der Waals surface area contributed by atoms with Crippen molar-refractivity contribution in [3.05, 3.63) is 35.6 Å². The zero-order chi connectivity index (χ0) is 12.3. The maximum atomic E-state index is 13.6. The van der Waals surface area contributed by atoms with E-state index in [0.29, 0.717) is 12.0 Å². The van der Waals surface area contributed by atoms with E-state index in [1.165, 1.54) is 6.07 Å². The summed E-state index contributed by atoms with van der Waals surface area (Å²) in [6, 6.07) is 6.65. The van der Waals surface area contributed by atoms with Crippen LogP contribution in [-0.2, 0) is 11.2 Å². The highest BCUT2D eigenvalue weighted by atomic mass is 19.1. The van der Waals surface area contributed by atoms with Gasteiger partial charge in [-0.05, 0) is 30.9 Å². The van der Waals surface area contributed by atoms with Gasteiger partial charge in [-0.3, -0.25) is 4.79 Å². The first-order valence-electron chi connectivity index (χ1n) is 6.17. The number of nitrogens with two attached hydrogens (primary N) is 1.